The van der Waals surface area contributed by atoms with Crippen molar-refractivity contribution in [3.63, 3.8) is 0 Å². The number of hydrogen-bond acceptors (Lipinski definition) is 4. The standard InChI is InChI=1S/C18H15FN2O2S/c1-24-18-15(3-2-10-20-18)17(22)21-11-14-8-9-16(23-14)12-4-6-13(19)7-5-12/h2-10H,11H2,1H3,(H,21,22). The summed E-state index contributed by atoms with van der Waals surface area (Å²) in [6.45, 7) is 0.267. The molecule has 0 aliphatic heterocycles. The molecule has 0 atom stereocenters. The number of carbonyl (C=O) groups excluding carboxylic acids is 1. The summed E-state index contributed by atoms with van der Waals surface area (Å²) < 4.78 is 18.6. The van der Waals surface area contributed by atoms with Crippen LogP contribution in [0, 0.1) is 5.82 Å². The van der Waals surface area contributed by atoms with E-state index in [2.05, 4.69) is 10.3 Å². The largest absolute Gasteiger partial charge is 0.459 e. The summed E-state index contributed by atoms with van der Waals surface area (Å²) in [6, 6.07) is 13.1. The quantitative estimate of drug-likeness (QED) is 0.708. The van der Waals surface area contributed by atoms with Gasteiger partial charge in [-0.2, -0.15) is 0 Å². The minimum Gasteiger partial charge on any atom is -0.459 e. The molecule has 122 valence electrons. The summed E-state index contributed by atoms with van der Waals surface area (Å²) in [5, 5.41) is 3.50. The Morgan fingerprint density at radius 3 is 2.75 bits per heavy atom. The van der Waals surface area contributed by atoms with Gasteiger partial charge in [-0.25, -0.2) is 9.37 Å². The number of amides is 1. The van der Waals surface area contributed by atoms with Crippen LogP contribution in [0.25, 0.3) is 11.3 Å². The number of nitrogens with one attached hydrogen (secondary N) is 1. The van der Waals surface area contributed by atoms with E-state index in [0.717, 1.165) is 5.56 Å². The number of pyridine rings is 1. The van der Waals surface area contributed by atoms with Crippen molar-refractivity contribution in [3.8, 4) is 11.3 Å². The van der Waals surface area contributed by atoms with E-state index in [-0.39, 0.29) is 18.3 Å². The molecule has 2 aromatic heterocycles. The number of rotatable bonds is 5. The Morgan fingerprint density at radius 1 is 1.21 bits per heavy atom. The lowest BCUT2D eigenvalue weighted by atomic mass is 10.2. The van der Waals surface area contributed by atoms with Gasteiger partial charge in [-0.3, -0.25) is 4.79 Å². The number of benzene rings is 1. The Labute approximate surface area is 143 Å². The maximum absolute atomic E-state index is 13.0. The third kappa shape index (κ3) is 3.65. The minimum atomic E-state index is -0.293. The van der Waals surface area contributed by atoms with E-state index in [1.54, 1.807) is 42.6 Å². The number of nitrogens with zero attached hydrogens (tertiary/aromatic N) is 1. The molecule has 6 heteroatoms. The number of carbonyl (C=O) groups is 1. The van der Waals surface area contributed by atoms with Gasteiger partial charge >= 0.3 is 0 Å². The van der Waals surface area contributed by atoms with Crippen molar-refractivity contribution in [1.29, 1.82) is 0 Å². The molecule has 0 saturated carbocycles. The molecule has 4 nitrogen and oxygen atoms in total. The van der Waals surface area contributed by atoms with Crippen LogP contribution >= 0.6 is 11.8 Å². The van der Waals surface area contributed by atoms with Crippen LogP contribution in [-0.2, 0) is 6.54 Å². The third-order valence-electron chi connectivity index (χ3n) is 3.42. The van der Waals surface area contributed by atoms with E-state index in [4.69, 9.17) is 4.42 Å². The molecule has 0 aliphatic carbocycles. The van der Waals surface area contributed by atoms with Gasteiger partial charge in [0.05, 0.1) is 12.1 Å². The van der Waals surface area contributed by atoms with Gasteiger partial charge in [0, 0.05) is 11.8 Å². The molecule has 24 heavy (non-hydrogen) atoms. The normalized spacial score (nSPS) is 10.6. The van der Waals surface area contributed by atoms with E-state index in [9.17, 15) is 9.18 Å². The van der Waals surface area contributed by atoms with E-state index < -0.39 is 0 Å². The first-order valence-corrected chi connectivity index (χ1v) is 8.51. The molecule has 1 amide bonds. The Balaban J connectivity index is 1.67. The molecule has 3 aromatic rings. The van der Waals surface area contributed by atoms with Gasteiger partial charge in [0.15, 0.2) is 0 Å². The molecule has 0 radical (unpaired) electrons. The predicted molar refractivity (Wildman–Crippen MR) is 91.3 cm³/mol. The SMILES string of the molecule is CSc1ncccc1C(=O)NCc1ccc(-c2ccc(F)cc2)o1. The van der Waals surface area contributed by atoms with Gasteiger partial charge in [-0.15, -0.1) is 11.8 Å². The number of hydrogen-bond donors (Lipinski definition) is 1. The number of thioether (sulfide) groups is 1. The Bertz CT molecular complexity index is 846. The van der Waals surface area contributed by atoms with Crippen molar-refractivity contribution in [2.24, 2.45) is 0 Å². The van der Waals surface area contributed by atoms with Crippen molar-refractivity contribution >= 4 is 17.7 Å². The topological polar surface area (TPSA) is 55.1 Å². The zero-order chi connectivity index (χ0) is 16.9. The molecule has 0 fully saturated rings. The highest BCUT2D eigenvalue weighted by atomic mass is 32.2. The van der Waals surface area contributed by atoms with Crippen LogP contribution < -0.4 is 5.32 Å². The second-order valence-electron chi connectivity index (χ2n) is 5.02. The summed E-state index contributed by atoms with van der Waals surface area (Å²) >= 11 is 1.42. The lowest BCUT2D eigenvalue weighted by Crippen LogP contribution is -2.23. The lowest BCUT2D eigenvalue weighted by molar-refractivity contribution is 0.0944. The molecular formula is C18H15FN2O2S. The summed E-state index contributed by atoms with van der Waals surface area (Å²) in [6.07, 6.45) is 3.53. The van der Waals surface area contributed by atoms with Crippen molar-refractivity contribution in [3.05, 3.63) is 71.9 Å². The molecule has 1 aromatic carbocycles. The molecule has 1 N–H and O–H groups in total. The monoisotopic (exact) mass is 342 g/mol. The highest BCUT2D eigenvalue weighted by Gasteiger charge is 2.12. The fourth-order valence-electron chi connectivity index (χ4n) is 2.23. The van der Waals surface area contributed by atoms with Gasteiger partial charge < -0.3 is 9.73 Å². The van der Waals surface area contributed by atoms with Crippen LogP contribution in [0.4, 0.5) is 4.39 Å². The first kappa shape index (κ1) is 16.3. The van der Waals surface area contributed by atoms with E-state index in [1.807, 2.05) is 6.26 Å². The maximum atomic E-state index is 13.0. The van der Waals surface area contributed by atoms with Crippen LogP contribution in [0.2, 0.25) is 0 Å². The number of aromatic nitrogens is 1. The Morgan fingerprint density at radius 2 is 2.00 bits per heavy atom. The van der Waals surface area contributed by atoms with Crippen LogP contribution in [0.1, 0.15) is 16.1 Å². The lowest BCUT2D eigenvalue weighted by Gasteiger charge is -2.06. The average molecular weight is 342 g/mol. The zero-order valence-corrected chi connectivity index (χ0v) is 13.8. The molecule has 2 heterocycles. The second-order valence-corrected chi connectivity index (χ2v) is 5.81. The molecule has 0 unspecified atom stereocenters. The fourth-order valence-corrected chi connectivity index (χ4v) is 2.78. The summed E-state index contributed by atoms with van der Waals surface area (Å²) in [5.74, 6) is 0.758. The van der Waals surface area contributed by atoms with E-state index in [0.29, 0.717) is 22.1 Å². The molecule has 0 bridgehead atoms. The summed E-state index contributed by atoms with van der Waals surface area (Å²) in [7, 11) is 0. The van der Waals surface area contributed by atoms with Crippen molar-refractivity contribution in [1.82, 2.24) is 10.3 Å². The van der Waals surface area contributed by atoms with Crippen molar-refractivity contribution in [2.75, 3.05) is 6.26 Å². The summed E-state index contributed by atoms with van der Waals surface area (Å²) in [5.41, 5.74) is 1.32. The van der Waals surface area contributed by atoms with E-state index in [1.165, 1.54) is 23.9 Å². The number of halogens is 1. The number of furan rings is 1. The van der Waals surface area contributed by atoms with Crippen LogP contribution in [0.5, 0.6) is 0 Å². The zero-order valence-electron chi connectivity index (χ0n) is 13.0. The molecule has 3 rings (SSSR count). The highest BCUT2D eigenvalue weighted by Crippen LogP contribution is 2.22. The Hall–Kier alpha value is -2.60. The molecule has 0 spiro atoms. The summed E-state index contributed by atoms with van der Waals surface area (Å²) in [4.78, 5) is 16.4. The van der Waals surface area contributed by atoms with Crippen LogP contribution in [0.3, 0.4) is 0 Å². The average Bonchev–Trinajstić information content (AvgIpc) is 3.09. The first-order valence-electron chi connectivity index (χ1n) is 7.29. The van der Waals surface area contributed by atoms with Gasteiger partial charge in [0.1, 0.15) is 22.4 Å². The van der Waals surface area contributed by atoms with E-state index >= 15 is 0 Å². The smallest absolute Gasteiger partial charge is 0.254 e. The highest BCUT2D eigenvalue weighted by molar-refractivity contribution is 7.98. The van der Waals surface area contributed by atoms with Gasteiger partial charge in [0.2, 0.25) is 0 Å². The molecule has 0 aliphatic rings. The van der Waals surface area contributed by atoms with Gasteiger partial charge in [0.25, 0.3) is 5.91 Å². The fraction of sp³-hybridized carbons (Fsp3) is 0.111. The molecule has 0 saturated heterocycles. The third-order valence-corrected chi connectivity index (χ3v) is 4.13. The van der Waals surface area contributed by atoms with Gasteiger partial charge in [-0.1, -0.05) is 0 Å². The second kappa shape index (κ2) is 7.31. The van der Waals surface area contributed by atoms with Crippen molar-refractivity contribution in [2.45, 2.75) is 11.6 Å². The minimum absolute atomic E-state index is 0.202. The van der Waals surface area contributed by atoms with Crippen LogP contribution in [-0.4, -0.2) is 17.1 Å². The van der Waals surface area contributed by atoms with Crippen LogP contribution in [0.15, 0.2) is 64.2 Å². The van der Waals surface area contributed by atoms with Crippen molar-refractivity contribution < 1.29 is 13.6 Å². The molecular weight excluding hydrogens is 327 g/mol. The Kier molecular flexibility index (Phi) is 4.96. The van der Waals surface area contributed by atoms with Gasteiger partial charge in [-0.05, 0) is 54.8 Å². The predicted octanol–water partition coefficient (Wildman–Crippen LogP) is 4.13. The maximum Gasteiger partial charge on any atom is 0.254 e. The first-order chi connectivity index (χ1) is 11.7.